The lowest BCUT2D eigenvalue weighted by molar-refractivity contribution is -0.123. The van der Waals surface area contributed by atoms with Crippen molar-refractivity contribution in [1.82, 2.24) is 10.2 Å². The highest BCUT2D eigenvalue weighted by Crippen LogP contribution is 2.22. The maximum atomic E-state index is 11.7. The van der Waals surface area contributed by atoms with Gasteiger partial charge in [-0.25, -0.2) is 0 Å². The van der Waals surface area contributed by atoms with Crippen LogP contribution in [0, 0.1) is 0 Å². The Morgan fingerprint density at radius 3 is 2.64 bits per heavy atom. The Hall–Kier alpha value is -1.26. The number of halogens is 1. The fourth-order valence-corrected chi connectivity index (χ4v) is 2.84. The molecule has 22 heavy (non-hydrogen) atoms. The Labute approximate surface area is 137 Å². The van der Waals surface area contributed by atoms with Crippen LogP contribution < -0.4 is 10.1 Å². The fourth-order valence-electron chi connectivity index (χ4n) is 2.65. The predicted octanol–water partition coefficient (Wildman–Crippen LogP) is 3.10. The van der Waals surface area contributed by atoms with Gasteiger partial charge in [-0.1, -0.05) is 36.6 Å². The molecule has 1 heterocycles. The number of benzene rings is 1. The zero-order valence-electron chi connectivity index (χ0n) is 13.0. The summed E-state index contributed by atoms with van der Waals surface area (Å²) >= 11 is 5.97. The van der Waals surface area contributed by atoms with Crippen molar-refractivity contribution in [2.24, 2.45) is 0 Å². The van der Waals surface area contributed by atoms with Crippen molar-refractivity contribution in [3.05, 3.63) is 29.3 Å². The molecule has 0 bridgehead atoms. The highest BCUT2D eigenvalue weighted by Gasteiger charge is 2.09. The van der Waals surface area contributed by atoms with Crippen LogP contribution in [0.15, 0.2) is 24.3 Å². The number of hydrogen-bond donors (Lipinski definition) is 1. The number of likely N-dealkylation sites (tertiary alicyclic amines) is 1. The first-order valence-corrected chi connectivity index (χ1v) is 8.50. The second-order valence-electron chi connectivity index (χ2n) is 5.68. The minimum atomic E-state index is -0.101. The average molecular weight is 325 g/mol. The Balaban J connectivity index is 1.57. The van der Waals surface area contributed by atoms with Crippen LogP contribution in [0.5, 0.6) is 5.75 Å². The molecule has 0 saturated carbocycles. The normalized spacial score (nSPS) is 16.0. The molecule has 4 nitrogen and oxygen atoms in total. The van der Waals surface area contributed by atoms with Crippen LogP contribution in [-0.2, 0) is 4.79 Å². The van der Waals surface area contributed by atoms with Gasteiger partial charge in [-0.05, 0) is 51.0 Å². The van der Waals surface area contributed by atoms with Gasteiger partial charge in [0.25, 0.3) is 5.91 Å². The average Bonchev–Trinajstić information content (AvgIpc) is 2.79. The first-order chi connectivity index (χ1) is 10.8. The van der Waals surface area contributed by atoms with Crippen LogP contribution in [0.3, 0.4) is 0 Å². The van der Waals surface area contributed by atoms with Gasteiger partial charge in [-0.15, -0.1) is 0 Å². The summed E-state index contributed by atoms with van der Waals surface area (Å²) in [4.78, 5) is 14.2. The van der Waals surface area contributed by atoms with Crippen molar-refractivity contribution in [2.45, 2.75) is 32.1 Å². The van der Waals surface area contributed by atoms with Gasteiger partial charge >= 0.3 is 0 Å². The van der Waals surface area contributed by atoms with Crippen LogP contribution in [0.25, 0.3) is 0 Å². The summed E-state index contributed by atoms with van der Waals surface area (Å²) in [5, 5.41) is 3.42. The third-order valence-electron chi connectivity index (χ3n) is 3.87. The molecule has 0 unspecified atom stereocenters. The standard InChI is InChI=1S/C17H25ClN2O2/c18-15-8-3-4-9-16(15)22-14-17(21)19-10-7-13-20-11-5-1-2-6-12-20/h3-4,8-9H,1-2,5-7,10-14H2,(H,19,21). The maximum absolute atomic E-state index is 11.7. The van der Waals surface area contributed by atoms with Crippen molar-refractivity contribution < 1.29 is 9.53 Å². The molecule has 122 valence electrons. The number of nitrogens with zero attached hydrogens (tertiary/aromatic N) is 1. The molecule has 1 fully saturated rings. The largest absolute Gasteiger partial charge is 0.482 e. The van der Waals surface area contributed by atoms with E-state index >= 15 is 0 Å². The molecule has 1 aliphatic rings. The molecule has 1 aromatic carbocycles. The third-order valence-corrected chi connectivity index (χ3v) is 4.18. The van der Waals surface area contributed by atoms with Crippen LogP contribution >= 0.6 is 11.6 Å². The summed E-state index contributed by atoms with van der Waals surface area (Å²) in [5.41, 5.74) is 0. The predicted molar refractivity (Wildman–Crippen MR) is 89.5 cm³/mol. The molecule has 1 aromatic rings. The summed E-state index contributed by atoms with van der Waals surface area (Å²) in [6, 6.07) is 7.17. The molecule has 1 N–H and O–H groups in total. The lowest BCUT2D eigenvalue weighted by atomic mass is 10.2. The molecule has 1 saturated heterocycles. The van der Waals surface area contributed by atoms with Crippen LogP contribution in [0.4, 0.5) is 0 Å². The van der Waals surface area contributed by atoms with Crippen LogP contribution in [0.2, 0.25) is 5.02 Å². The Bertz CT molecular complexity index is 460. The zero-order chi connectivity index (χ0) is 15.6. The summed E-state index contributed by atoms with van der Waals surface area (Å²) in [5.74, 6) is 0.444. The molecule has 2 rings (SSSR count). The first-order valence-electron chi connectivity index (χ1n) is 8.12. The molecule has 0 atom stereocenters. The molecule has 1 aliphatic heterocycles. The van der Waals surface area contributed by atoms with E-state index in [1.807, 2.05) is 12.1 Å². The van der Waals surface area contributed by atoms with E-state index in [4.69, 9.17) is 16.3 Å². The van der Waals surface area contributed by atoms with Gasteiger partial charge in [-0.2, -0.15) is 0 Å². The third kappa shape index (κ3) is 6.24. The van der Waals surface area contributed by atoms with Gasteiger partial charge in [0.05, 0.1) is 5.02 Å². The molecular formula is C17H25ClN2O2. The number of nitrogens with one attached hydrogen (secondary N) is 1. The van der Waals surface area contributed by atoms with Gasteiger partial charge in [0.1, 0.15) is 5.75 Å². The number of carbonyl (C=O) groups is 1. The molecule has 0 aliphatic carbocycles. The fraction of sp³-hybridized carbons (Fsp3) is 0.588. The highest BCUT2D eigenvalue weighted by atomic mass is 35.5. The monoisotopic (exact) mass is 324 g/mol. The second-order valence-corrected chi connectivity index (χ2v) is 6.09. The second kappa shape index (κ2) is 9.70. The summed E-state index contributed by atoms with van der Waals surface area (Å²) < 4.78 is 5.41. The zero-order valence-corrected chi connectivity index (χ0v) is 13.8. The van der Waals surface area contributed by atoms with E-state index in [9.17, 15) is 4.79 Å². The van der Waals surface area contributed by atoms with E-state index < -0.39 is 0 Å². The van der Waals surface area contributed by atoms with E-state index in [0.29, 0.717) is 17.3 Å². The van der Waals surface area contributed by atoms with Crippen LogP contribution in [0.1, 0.15) is 32.1 Å². The maximum Gasteiger partial charge on any atom is 0.257 e. The van der Waals surface area contributed by atoms with Gasteiger partial charge in [0.2, 0.25) is 0 Å². The minimum Gasteiger partial charge on any atom is -0.482 e. The molecular weight excluding hydrogens is 300 g/mol. The van der Waals surface area contributed by atoms with E-state index in [0.717, 1.165) is 13.0 Å². The molecule has 0 radical (unpaired) electrons. The van der Waals surface area contributed by atoms with Gasteiger partial charge in [-0.3, -0.25) is 4.79 Å². The molecule has 5 heteroatoms. The number of amides is 1. The Morgan fingerprint density at radius 1 is 1.18 bits per heavy atom. The van der Waals surface area contributed by atoms with E-state index in [-0.39, 0.29) is 12.5 Å². The quantitative estimate of drug-likeness (QED) is 0.784. The first kappa shape index (κ1) is 17.1. The lowest BCUT2D eigenvalue weighted by Crippen LogP contribution is -2.33. The van der Waals surface area contributed by atoms with Gasteiger partial charge in [0, 0.05) is 6.54 Å². The molecule has 0 aromatic heterocycles. The summed E-state index contributed by atoms with van der Waals surface area (Å²) in [6.45, 7) is 4.16. The lowest BCUT2D eigenvalue weighted by Gasteiger charge is -2.19. The van der Waals surface area contributed by atoms with Gasteiger partial charge in [0.15, 0.2) is 6.61 Å². The minimum absolute atomic E-state index is 0.00739. The number of rotatable bonds is 7. The summed E-state index contributed by atoms with van der Waals surface area (Å²) in [6.07, 6.45) is 6.30. The Kier molecular flexibility index (Phi) is 7.54. The SMILES string of the molecule is O=C(COc1ccccc1Cl)NCCCN1CCCCCC1. The van der Waals surface area contributed by atoms with E-state index in [1.54, 1.807) is 12.1 Å². The topological polar surface area (TPSA) is 41.6 Å². The van der Waals surface area contributed by atoms with Gasteiger partial charge < -0.3 is 15.0 Å². The number of ether oxygens (including phenoxy) is 1. The van der Waals surface area contributed by atoms with Crippen molar-refractivity contribution in [2.75, 3.05) is 32.8 Å². The van der Waals surface area contributed by atoms with Crippen LogP contribution in [-0.4, -0.2) is 43.6 Å². The van der Waals surface area contributed by atoms with Crippen molar-refractivity contribution in [3.63, 3.8) is 0 Å². The highest BCUT2D eigenvalue weighted by molar-refractivity contribution is 6.32. The molecule has 1 amide bonds. The van der Waals surface area contributed by atoms with Crippen molar-refractivity contribution in [1.29, 1.82) is 0 Å². The smallest absolute Gasteiger partial charge is 0.257 e. The van der Waals surface area contributed by atoms with Crippen molar-refractivity contribution >= 4 is 17.5 Å². The summed E-state index contributed by atoms with van der Waals surface area (Å²) in [7, 11) is 0. The number of hydrogen-bond acceptors (Lipinski definition) is 3. The van der Waals surface area contributed by atoms with E-state index in [1.165, 1.54) is 38.8 Å². The Morgan fingerprint density at radius 2 is 1.91 bits per heavy atom. The number of para-hydroxylation sites is 1. The van der Waals surface area contributed by atoms with E-state index in [2.05, 4.69) is 10.2 Å². The number of carbonyl (C=O) groups excluding carboxylic acids is 1. The van der Waals surface area contributed by atoms with Crippen molar-refractivity contribution in [3.8, 4) is 5.75 Å². The molecule has 0 spiro atoms.